The molecule has 0 unspecified atom stereocenters. The molecule has 1 aliphatic rings. The lowest BCUT2D eigenvalue weighted by molar-refractivity contribution is -0.124. The highest BCUT2D eigenvalue weighted by molar-refractivity contribution is 5.85. The molecule has 3 nitrogen and oxygen atoms in total. The number of nitrogens with two attached hydrogens (primary N) is 2. The summed E-state index contributed by atoms with van der Waals surface area (Å²) in [7, 11) is 0. The fourth-order valence-electron chi connectivity index (χ4n) is 2.29. The van der Waals surface area contributed by atoms with Crippen LogP contribution in [0, 0.1) is 11.8 Å². The normalized spacial score (nSPS) is 35.8. The highest BCUT2D eigenvalue weighted by Crippen LogP contribution is 2.38. The van der Waals surface area contributed by atoms with Crippen LogP contribution in [0.1, 0.15) is 33.1 Å². The summed E-state index contributed by atoms with van der Waals surface area (Å²) in [6.07, 6.45) is 2.82. The Kier molecular flexibility index (Phi) is 2.42. The van der Waals surface area contributed by atoms with E-state index in [0.29, 0.717) is 5.92 Å². The van der Waals surface area contributed by atoms with Crippen molar-refractivity contribution < 1.29 is 4.79 Å². The summed E-state index contributed by atoms with van der Waals surface area (Å²) in [5, 5.41) is 0. The highest BCUT2D eigenvalue weighted by atomic mass is 16.1. The molecule has 70 valence electrons. The summed E-state index contributed by atoms with van der Waals surface area (Å²) in [5.41, 5.74) is 10.5. The number of primary amides is 1. The third-order valence-electron chi connectivity index (χ3n) is 3.03. The summed E-state index contributed by atoms with van der Waals surface area (Å²) in [4.78, 5) is 11.1. The lowest BCUT2D eigenvalue weighted by atomic mass is 9.80. The first-order valence-electron chi connectivity index (χ1n) is 4.57. The summed E-state index contributed by atoms with van der Waals surface area (Å²) in [6.45, 7) is 4.20. The maximum absolute atomic E-state index is 11.1. The number of carbonyl (C=O) groups is 1. The third-order valence-corrected chi connectivity index (χ3v) is 3.03. The van der Waals surface area contributed by atoms with Crippen molar-refractivity contribution in [3.63, 3.8) is 0 Å². The second kappa shape index (κ2) is 3.05. The molecule has 4 N–H and O–H groups in total. The van der Waals surface area contributed by atoms with Crippen LogP contribution in [0.3, 0.4) is 0 Å². The van der Waals surface area contributed by atoms with Crippen LogP contribution in [0.4, 0.5) is 0 Å². The number of amides is 1. The molecule has 0 saturated heterocycles. The van der Waals surface area contributed by atoms with Crippen molar-refractivity contribution in [2.75, 3.05) is 0 Å². The molecule has 3 heteroatoms. The van der Waals surface area contributed by atoms with E-state index in [1.807, 2.05) is 0 Å². The van der Waals surface area contributed by atoms with E-state index in [1.165, 1.54) is 0 Å². The van der Waals surface area contributed by atoms with Crippen LogP contribution in [-0.4, -0.2) is 11.4 Å². The van der Waals surface area contributed by atoms with E-state index in [0.717, 1.165) is 19.3 Å². The Morgan fingerprint density at radius 3 is 2.50 bits per heavy atom. The Morgan fingerprint density at radius 2 is 2.17 bits per heavy atom. The van der Waals surface area contributed by atoms with Gasteiger partial charge in [-0.1, -0.05) is 20.3 Å². The summed E-state index contributed by atoms with van der Waals surface area (Å²) >= 11 is 0. The molecule has 2 atom stereocenters. The second-order valence-corrected chi connectivity index (χ2v) is 4.15. The number of hydrogen-bond acceptors (Lipinski definition) is 2. The van der Waals surface area contributed by atoms with Gasteiger partial charge in [0.1, 0.15) is 0 Å². The van der Waals surface area contributed by atoms with Crippen LogP contribution in [0.5, 0.6) is 0 Å². The number of carbonyl (C=O) groups excluding carboxylic acids is 1. The third kappa shape index (κ3) is 1.33. The van der Waals surface area contributed by atoms with Gasteiger partial charge in [0, 0.05) is 0 Å². The van der Waals surface area contributed by atoms with Crippen LogP contribution in [0.25, 0.3) is 0 Å². The first-order valence-corrected chi connectivity index (χ1v) is 4.57. The Morgan fingerprint density at radius 1 is 1.58 bits per heavy atom. The molecule has 1 fully saturated rings. The summed E-state index contributed by atoms with van der Waals surface area (Å²) in [6, 6.07) is 0. The molecule has 0 aromatic carbocycles. The maximum Gasteiger partial charge on any atom is 0.237 e. The molecule has 12 heavy (non-hydrogen) atoms. The van der Waals surface area contributed by atoms with E-state index in [2.05, 4.69) is 13.8 Å². The largest absolute Gasteiger partial charge is 0.368 e. The van der Waals surface area contributed by atoms with Crippen molar-refractivity contribution in [3.8, 4) is 0 Å². The zero-order valence-electron chi connectivity index (χ0n) is 7.84. The second-order valence-electron chi connectivity index (χ2n) is 4.15. The average Bonchev–Trinajstić information content (AvgIpc) is 2.32. The molecule has 0 radical (unpaired) electrons. The molecule has 0 aromatic heterocycles. The molecule has 0 aromatic rings. The fourth-order valence-corrected chi connectivity index (χ4v) is 2.29. The van der Waals surface area contributed by atoms with Gasteiger partial charge in [0.15, 0.2) is 0 Å². The number of hydrogen-bond donors (Lipinski definition) is 2. The Hall–Kier alpha value is -0.570. The Balaban J connectivity index is 2.81. The Labute approximate surface area is 73.5 Å². The molecule has 1 rings (SSSR count). The van der Waals surface area contributed by atoms with Crippen molar-refractivity contribution in [1.82, 2.24) is 0 Å². The van der Waals surface area contributed by atoms with Gasteiger partial charge in [0.25, 0.3) is 0 Å². The molecular formula is C9H18N2O. The van der Waals surface area contributed by atoms with E-state index < -0.39 is 5.54 Å². The average molecular weight is 170 g/mol. The molecule has 0 spiro atoms. The quantitative estimate of drug-likeness (QED) is 0.638. The Bertz CT molecular complexity index is 191. The van der Waals surface area contributed by atoms with Crippen LogP contribution in [0.15, 0.2) is 0 Å². The predicted molar refractivity (Wildman–Crippen MR) is 48.3 cm³/mol. The zero-order chi connectivity index (χ0) is 9.35. The molecule has 0 aliphatic heterocycles. The monoisotopic (exact) mass is 170 g/mol. The predicted octanol–water partition coefficient (Wildman–Crippen LogP) is 0.625. The lowest BCUT2D eigenvalue weighted by Gasteiger charge is -2.30. The molecule has 0 bridgehead atoms. The van der Waals surface area contributed by atoms with Gasteiger partial charge >= 0.3 is 0 Å². The van der Waals surface area contributed by atoms with Crippen molar-refractivity contribution in [2.45, 2.75) is 38.6 Å². The lowest BCUT2D eigenvalue weighted by Crippen LogP contribution is -2.55. The van der Waals surface area contributed by atoms with E-state index in [1.54, 1.807) is 0 Å². The van der Waals surface area contributed by atoms with Crippen LogP contribution in [0.2, 0.25) is 0 Å². The van der Waals surface area contributed by atoms with Crippen molar-refractivity contribution in [2.24, 2.45) is 23.3 Å². The minimum Gasteiger partial charge on any atom is -0.368 e. The molecule has 0 heterocycles. The van der Waals surface area contributed by atoms with Crippen LogP contribution in [-0.2, 0) is 4.79 Å². The van der Waals surface area contributed by atoms with Gasteiger partial charge < -0.3 is 11.5 Å². The van der Waals surface area contributed by atoms with Gasteiger partial charge in [-0.2, -0.15) is 0 Å². The summed E-state index contributed by atoms with van der Waals surface area (Å²) < 4.78 is 0. The molecule has 1 aliphatic carbocycles. The van der Waals surface area contributed by atoms with Crippen molar-refractivity contribution in [1.29, 1.82) is 0 Å². The van der Waals surface area contributed by atoms with E-state index in [-0.39, 0.29) is 11.8 Å². The summed E-state index contributed by atoms with van der Waals surface area (Å²) in [5.74, 6) is 0.388. The smallest absolute Gasteiger partial charge is 0.237 e. The minimum atomic E-state index is -0.728. The first kappa shape index (κ1) is 9.52. The zero-order valence-corrected chi connectivity index (χ0v) is 7.84. The standard InChI is InChI=1S/C9H18N2O/c1-6(2)7-4-3-5-9(7,11)8(10)12/h6-7H,3-5,11H2,1-2H3,(H2,10,12)/t7-,9-/m0/s1. The van der Waals surface area contributed by atoms with Gasteiger partial charge in [-0.05, 0) is 24.7 Å². The van der Waals surface area contributed by atoms with Crippen molar-refractivity contribution >= 4 is 5.91 Å². The molecule has 1 saturated carbocycles. The van der Waals surface area contributed by atoms with E-state index in [9.17, 15) is 4.79 Å². The van der Waals surface area contributed by atoms with Gasteiger partial charge in [0.05, 0.1) is 5.54 Å². The van der Waals surface area contributed by atoms with Crippen molar-refractivity contribution in [3.05, 3.63) is 0 Å². The topological polar surface area (TPSA) is 69.1 Å². The molecule has 1 amide bonds. The minimum absolute atomic E-state index is 0.273. The van der Waals surface area contributed by atoms with Gasteiger partial charge in [-0.15, -0.1) is 0 Å². The van der Waals surface area contributed by atoms with E-state index in [4.69, 9.17) is 11.5 Å². The number of rotatable bonds is 2. The van der Waals surface area contributed by atoms with Gasteiger partial charge in [-0.25, -0.2) is 0 Å². The highest BCUT2D eigenvalue weighted by Gasteiger charge is 2.45. The van der Waals surface area contributed by atoms with Gasteiger partial charge in [-0.3, -0.25) is 4.79 Å². The molecular weight excluding hydrogens is 152 g/mol. The van der Waals surface area contributed by atoms with Gasteiger partial charge in [0.2, 0.25) is 5.91 Å². The maximum atomic E-state index is 11.1. The fraction of sp³-hybridized carbons (Fsp3) is 0.889. The van der Waals surface area contributed by atoms with E-state index >= 15 is 0 Å². The SMILES string of the molecule is CC(C)[C@@H]1CCC[C@@]1(N)C(N)=O. The van der Waals surface area contributed by atoms with Crippen LogP contribution < -0.4 is 11.5 Å². The first-order chi connectivity index (χ1) is 5.48. The van der Waals surface area contributed by atoms with Crippen LogP contribution >= 0.6 is 0 Å².